The third kappa shape index (κ3) is 4.56. The molecular formula is C22H22O5. The summed E-state index contributed by atoms with van der Waals surface area (Å²) in [6.07, 6.45) is -0.786. The molecule has 0 amide bonds. The number of hydrogen-bond donors (Lipinski definition) is 0. The molecular weight excluding hydrogens is 344 g/mol. The molecule has 0 aliphatic carbocycles. The maximum absolute atomic E-state index is 12.1. The van der Waals surface area contributed by atoms with E-state index in [1.165, 1.54) is 6.07 Å². The van der Waals surface area contributed by atoms with Crippen LogP contribution in [0.4, 0.5) is 0 Å². The predicted molar refractivity (Wildman–Crippen MR) is 104 cm³/mol. The second kappa shape index (κ2) is 7.27. The average Bonchev–Trinajstić information content (AvgIpc) is 2.60. The van der Waals surface area contributed by atoms with Crippen LogP contribution >= 0.6 is 0 Å². The van der Waals surface area contributed by atoms with Gasteiger partial charge in [0.05, 0.1) is 0 Å². The molecule has 27 heavy (non-hydrogen) atoms. The van der Waals surface area contributed by atoms with E-state index in [9.17, 15) is 9.59 Å². The molecule has 1 atom stereocenters. The van der Waals surface area contributed by atoms with E-state index in [2.05, 4.69) is 0 Å². The van der Waals surface area contributed by atoms with Crippen molar-refractivity contribution < 1.29 is 18.7 Å². The molecule has 1 heterocycles. The summed E-state index contributed by atoms with van der Waals surface area (Å²) >= 11 is 0. The fourth-order valence-corrected chi connectivity index (χ4v) is 2.71. The summed E-state index contributed by atoms with van der Waals surface area (Å²) in [5, 5.41) is 0.790. The topological polar surface area (TPSA) is 65.7 Å². The van der Waals surface area contributed by atoms with Gasteiger partial charge in [-0.1, -0.05) is 30.3 Å². The summed E-state index contributed by atoms with van der Waals surface area (Å²) < 4.78 is 16.3. The highest BCUT2D eigenvalue weighted by molar-refractivity contribution is 5.93. The van der Waals surface area contributed by atoms with Crippen molar-refractivity contribution in [3.05, 3.63) is 65.0 Å². The lowest BCUT2D eigenvalue weighted by Gasteiger charge is -2.22. The molecule has 5 nitrogen and oxygen atoms in total. The molecule has 5 heteroatoms. The molecule has 3 aromatic rings. The number of hydrogen-bond acceptors (Lipinski definition) is 5. The van der Waals surface area contributed by atoms with Crippen LogP contribution in [0.2, 0.25) is 0 Å². The number of benzene rings is 2. The number of ether oxygens (including phenoxy) is 2. The van der Waals surface area contributed by atoms with E-state index >= 15 is 0 Å². The third-order valence-corrected chi connectivity index (χ3v) is 3.85. The lowest BCUT2D eigenvalue weighted by molar-refractivity contribution is -0.162. The lowest BCUT2D eigenvalue weighted by Crippen LogP contribution is -2.33. The summed E-state index contributed by atoms with van der Waals surface area (Å²) in [4.78, 5) is 24.1. The first-order valence-electron chi connectivity index (χ1n) is 8.76. The quantitative estimate of drug-likeness (QED) is 0.500. The molecule has 2 aromatic carbocycles. The highest BCUT2D eigenvalue weighted by Gasteiger charge is 2.23. The molecule has 3 rings (SSSR count). The van der Waals surface area contributed by atoms with Crippen LogP contribution < -0.4 is 10.4 Å². The Balaban J connectivity index is 1.92. The van der Waals surface area contributed by atoms with Crippen LogP contribution in [0.5, 0.6) is 5.75 Å². The lowest BCUT2D eigenvalue weighted by atomic mass is 10.0. The van der Waals surface area contributed by atoms with Gasteiger partial charge in [0.1, 0.15) is 16.9 Å². The van der Waals surface area contributed by atoms with Crippen molar-refractivity contribution in [1.29, 1.82) is 0 Å². The highest BCUT2D eigenvalue weighted by Crippen LogP contribution is 2.30. The van der Waals surface area contributed by atoms with Crippen LogP contribution in [0.25, 0.3) is 22.1 Å². The Morgan fingerprint density at radius 1 is 1.04 bits per heavy atom. The third-order valence-electron chi connectivity index (χ3n) is 3.85. The van der Waals surface area contributed by atoms with Crippen LogP contribution in [-0.2, 0) is 9.53 Å². The van der Waals surface area contributed by atoms with E-state index in [4.69, 9.17) is 13.9 Å². The second-order valence-corrected chi connectivity index (χ2v) is 7.30. The number of rotatable bonds is 4. The van der Waals surface area contributed by atoms with Gasteiger partial charge in [0.15, 0.2) is 6.10 Å². The van der Waals surface area contributed by atoms with Crippen LogP contribution in [-0.4, -0.2) is 17.7 Å². The summed E-state index contributed by atoms with van der Waals surface area (Å²) in [5.41, 5.74) is 1.07. The maximum Gasteiger partial charge on any atom is 0.347 e. The molecule has 0 aliphatic rings. The Kier molecular flexibility index (Phi) is 5.04. The summed E-state index contributed by atoms with van der Waals surface area (Å²) in [7, 11) is 0. The van der Waals surface area contributed by atoms with E-state index in [1.807, 2.05) is 36.4 Å². The van der Waals surface area contributed by atoms with Crippen LogP contribution in [0, 0.1) is 0 Å². The minimum absolute atomic E-state index is 0.398. The Hall–Kier alpha value is -3.08. The van der Waals surface area contributed by atoms with E-state index in [0.717, 1.165) is 16.5 Å². The number of carbonyl (C=O) groups is 1. The first kappa shape index (κ1) is 18.7. The van der Waals surface area contributed by atoms with Gasteiger partial charge in [-0.15, -0.1) is 0 Å². The zero-order valence-corrected chi connectivity index (χ0v) is 15.8. The zero-order valence-electron chi connectivity index (χ0n) is 15.8. The van der Waals surface area contributed by atoms with Crippen molar-refractivity contribution >= 4 is 16.9 Å². The van der Waals surface area contributed by atoms with Gasteiger partial charge in [-0.2, -0.15) is 0 Å². The Bertz CT molecular complexity index is 1010. The first-order valence-corrected chi connectivity index (χ1v) is 8.76. The minimum atomic E-state index is -0.786. The second-order valence-electron chi connectivity index (χ2n) is 7.30. The molecule has 1 aromatic heterocycles. The van der Waals surface area contributed by atoms with Gasteiger partial charge in [-0.05, 0) is 51.0 Å². The normalized spacial score (nSPS) is 12.6. The Morgan fingerprint density at radius 2 is 1.74 bits per heavy atom. The van der Waals surface area contributed by atoms with Crippen molar-refractivity contribution in [1.82, 2.24) is 0 Å². The van der Waals surface area contributed by atoms with Gasteiger partial charge in [0, 0.05) is 17.5 Å². The summed E-state index contributed by atoms with van der Waals surface area (Å²) in [6, 6.07) is 16.3. The van der Waals surface area contributed by atoms with Gasteiger partial charge in [-0.25, -0.2) is 9.59 Å². The van der Waals surface area contributed by atoms with E-state index < -0.39 is 23.3 Å². The van der Waals surface area contributed by atoms with E-state index in [1.54, 1.807) is 39.8 Å². The van der Waals surface area contributed by atoms with Gasteiger partial charge in [0.2, 0.25) is 0 Å². The molecule has 0 saturated heterocycles. The molecule has 1 unspecified atom stereocenters. The van der Waals surface area contributed by atoms with Crippen molar-refractivity contribution in [2.45, 2.75) is 39.4 Å². The standard InChI is InChI=1S/C22H22O5/c1-14(21(24)27-22(2,3)4)25-16-10-11-17-18(15-8-6-5-7-9-15)13-20(23)26-19(17)12-16/h5-14H,1-4H3. The van der Waals surface area contributed by atoms with Crippen molar-refractivity contribution in [2.24, 2.45) is 0 Å². The molecule has 0 radical (unpaired) electrons. The molecule has 0 N–H and O–H groups in total. The molecule has 0 aliphatic heterocycles. The van der Waals surface area contributed by atoms with E-state index in [0.29, 0.717) is 11.3 Å². The van der Waals surface area contributed by atoms with Crippen molar-refractivity contribution in [3.8, 4) is 16.9 Å². The van der Waals surface area contributed by atoms with E-state index in [-0.39, 0.29) is 0 Å². The minimum Gasteiger partial charge on any atom is -0.479 e. The van der Waals surface area contributed by atoms with Crippen LogP contribution in [0.15, 0.2) is 63.8 Å². The number of carbonyl (C=O) groups excluding carboxylic acids is 1. The predicted octanol–water partition coefficient (Wildman–Crippen LogP) is 4.57. The molecule has 0 saturated carbocycles. The van der Waals surface area contributed by atoms with Crippen molar-refractivity contribution in [3.63, 3.8) is 0 Å². The van der Waals surface area contributed by atoms with Crippen molar-refractivity contribution in [2.75, 3.05) is 0 Å². The molecule has 0 spiro atoms. The first-order chi connectivity index (χ1) is 12.7. The fourth-order valence-electron chi connectivity index (χ4n) is 2.71. The monoisotopic (exact) mass is 366 g/mol. The van der Waals surface area contributed by atoms with Crippen LogP contribution in [0.3, 0.4) is 0 Å². The largest absolute Gasteiger partial charge is 0.479 e. The van der Waals surface area contributed by atoms with Gasteiger partial charge in [0.25, 0.3) is 0 Å². The molecule has 0 bridgehead atoms. The number of esters is 1. The average molecular weight is 366 g/mol. The van der Waals surface area contributed by atoms with Gasteiger partial charge < -0.3 is 13.9 Å². The zero-order chi connectivity index (χ0) is 19.6. The van der Waals surface area contributed by atoms with Gasteiger partial charge in [-0.3, -0.25) is 0 Å². The SMILES string of the molecule is CC(Oc1ccc2c(-c3ccccc3)cc(=O)oc2c1)C(=O)OC(C)(C)C. The maximum atomic E-state index is 12.1. The number of fused-ring (bicyclic) bond motifs is 1. The fraction of sp³-hybridized carbons (Fsp3) is 0.273. The van der Waals surface area contributed by atoms with Crippen LogP contribution in [0.1, 0.15) is 27.7 Å². The molecule has 0 fully saturated rings. The smallest absolute Gasteiger partial charge is 0.347 e. The summed E-state index contributed by atoms with van der Waals surface area (Å²) in [6.45, 7) is 7.02. The Morgan fingerprint density at radius 3 is 2.41 bits per heavy atom. The van der Waals surface area contributed by atoms with Gasteiger partial charge >= 0.3 is 11.6 Å². The highest BCUT2D eigenvalue weighted by atomic mass is 16.6. The summed E-state index contributed by atoms with van der Waals surface area (Å²) in [5.74, 6) is -0.0312. The molecule has 140 valence electrons. The Labute approximate surface area is 157 Å².